The van der Waals surface area contributed by atoms with Gasteiger partial charge < -0.3 is 15.4 Å². The number of carbonyl (C=O) groups is 2. The number of benzene rings is 3. The molecule has 4 N–H and O–H groups in total. The van der Waals surface area contributed by atoms with Crippen molar-refractivity contribution in [2.45, 2.75) is 38.1 Å². The maximum absolute atomic E-state index is 13.1. The molecule has 1 amide bonds. The zero-order valence-corrected chi connectivity index (χ0v) is 22.0. The molecule has 0 bridgehead atoms. The van der Waals surface area contributed by atoms with Crippen LogP contribution in [0.5, 0.6) is 0 Å². The van der Waals surface area contributed by atoms with E-state index in [4.69, 9.17) is 0 Å². The van der Waals surface area contributed by atoms with Gasteiger partial charge in [-0.25, -0.2) is 13.4 Å². The van der Waals surface area contributed by atoms with Crippen molar-refractivity contribution >= 4 is 27.6 Å². The molecule has 0 aliphatic rings. The van der Waals surface area contributed by atoms with Crippen molar-refractivity contribution in [3.05, 3.63) is 101 Å². The summed E-state index contributed by atoms with van der Waals surface area (Å²) in [7, 11) is -4.06. The van der Waals surface area contributed by atoms with E-state index in [-0.39, 0.29) is 23.0 Å². The average molecular weight is 533 g/mol. The predicted octanol–water partition coefficient (Wildman–Crippen LogP) is 4.23. The summed E-state index contributed by atoms with van der Waals surface area (Å²) in [5, 5.41) is 12.6. The monoisotopic (exact) mass is 532 g/mol. The molecule has 0 fully saturated rings. The van der Waals surface area contributed by atoms with Gasteiger partial charge in [0.05, 0.1) is 4.90 Å². The Balaban J connectivity index is 1.49. The van der Waals surface area contributed by atoms with E-state index in [0.29, 0.717) is 22.4 Å². The highest BCUT2D eigenvalue weighted by atomic mass is 32.2. The Morgan fingerprint density at radius 1 is 0.974 bits per heavy atom. The molecular weight excluding hydrogens is 504 g/mol. The molecule has 4 aromatic rings. The van der Waals surface area contributed by atoms with Crippen LogP contribution in [0, 0.1) is 20.8 Å². The Morgan fingerprint density at radius 3 is 2.26 bits per heavy atom. The number of sulfonamides is 1. The van der Waals surface area contributed by atoms with Crippen LogP contribution >= 0.6 is 0 Å². The van der Waals surface area contributed by atoms with E-state index in [1.165, 1.54) is 6.20 Å². The highest BCUT2D eigenvalue weighted by Gasteiger charge is 2.28. The molecule has 0 aliphatic carbocycles. The number of rotatable bonds is 9. The number of aryl methyl sites for hydroxylation is 3. The molecule has 0 radical (unpaired) electrons. The van der Waals surface area contributed by atoms with Crippen LogP contribution in [0.4, 0.5) is 5.69 Å². The molecular formula is C28H28N4O5S. The largest absolute Gasteiger partial charge is 0.480 e. The van der Waals surface area contributed by atoms with E-state index in [1.807, 2.05) is 37.3 Å². The van der Waals surface area contributed by atoms with Gasteiger partial charge in [-0.3, -0.25) is 9.59 Å². The summed E-state index contributed by atoms with van der Waals surface area (Å²) in [5.41, 5.74) is 4.99. The first kappa shape index (κ1) is 26.8. The van der Waals surface area contributed by atoms with Crippen molar-refractivity contribution in [1.82, 2.24) is 14.7 Å². The lowest BCUT2D eigenvalue weighted by Gasteiger charge is -2.18. The molecule has 38 heavy (non-hydrogen) atoms. The van der Waals surface area contributed by atoms with Crippen LogP contribution in [0.15, 0.2) is 78.0 Å². The molecule has 1 heterocycles. The molecule has 4 rings (SSSR count). The summed E-state index contributed by atoms with van der Waals surface area (Å²) in [5.74, 6) is -1.42. The first-order valence-corrected chi connectivity index (χ1v) is 13.3. The quantitative estimate of drug-likeness (QED) is 0.254. The van der Waals surface area contributed by atoms with Gasteiger partial charge in [-0.1, -0.05) is 54.1 Å². The van der Waals surface area contributed by atoms with Crippen molar-refractivity contribution in [2.75, 3.05) is 5.32 Å². The number of amides is 1. The summed E-state index contributed by atoms with van der Waals surface area (Å²) >= 11 is 0. The summed E-state index contributed by atoms with van der Waals surface area (Å²) in [4.78, 5) is 31.0. The second-order valence-corrected chi connectivity index (χ2v) is 10.8. The molecule has 0 unspecified atom stereocenters. The Hall–Kier alpha value is -4.28. The van der Waals surface area contributed by atoms with Crippen LogP contribution in [0.25, 0.3) is 11.1 Å². The number of aromatic nitrogens is 2. The van der Waals surface area contributed by atoms with Crippen LogP contribution in [0.1, 0.15) is 32.9 Å². The van der Waals surface area contributed by atoms with Crippen molar-refractivity contribution in [3.63, 3.8) is 0 Å². The zero-order chi connectivity index (χ0) is 27.4. The van der Waals surface area contributed by atoms with E-state index in [1.54, 1.807) is 50.4 Å². The van der Waals surface area contributed by atoms with E-state index in [0.717, 1.165) is 16.7 Å². The molecule has 1 atom stereocenters. The van der Waals surface area contributed by atoms with Gasteiger partial charge >= 0.3 is 5.97 Å². The summed E-state index contributed by atoms with van der Waals surface area (Å²) in [6, 6.07) is 16.6. The van der Waals surface area contributed by atoms with Gasteiger partial charge in [0.15, 0.2) is 5.82 Å². The number of nitrogens with zero attached hydrogens (tertiary/aromatic N) is 1. The normalized spacial score (nSPS) is 12.2. The fraction of sp³-hybridized carbons (Fsp3) is 0.179. The molecule has 0 spiro atoms. The Bertz CT molecular complexity index is 1560. The maximum Gasteiger partial charge on any atom is 0.322 e. The van der Waals surface area contributed by atoms with E-state index in [9.17, 15) is 23.1 Å². The standard InChI is InChI=1S/C28H28N4O5S/c1-17-13-18(2)25(19(3)14-17)38(36,37)32-24(28(34)35)15-20-7-9-21(10-8-20)22-5-4-6-23(16-22)31-27(33)26-29-11-12-30-26/h4-14,16,24,32H,15H2,1-3H3,(H,29,30)(H,31,33)(H,34,35)/t24-/m0/s1. The van der Waals surface area contributed by atoms with Gasteiger partial charge in [-0.2, -0.15) is 4.72 Å². The van der Waals surface area contributed by atoms with Crippen molar-refractivity contribution in [3.8, 4) is 11.1 Å². The molecule has 0 aliphatic heterocycles. The number of anilines is 1. The minimum absolute atomic E-state index is 0.0297. The van der Waals surface area contributed by atoms with Crippen LogP contribution in [0.3, 0.4) is 0 Å². The number of aromatic amines is 1. The topological polar surface area (TPSA) is 141 Å². The third kappa shape index (κ3) is 6.16. The maximum atomic E-state index is 13.1. The lowest BCUT2D eigenvalue weighted by molar-refractivity contribution is -0.138. The summed E-state index contributed by atoms with van der Waals surface area (Å²) < 4.78 is 28.6. The fourth-order valence-corrected chi connectivity index (χ4v) is 6.08. The van der Waals surface area contributed by atoms with Crippen LogP contribution < -0.4 is 10.0 Å². The number of aliphatic carboxylic acids is 1. The van der Waals surface area contributed by atoms with Gasteiger partial charge in [-0.15, -0.1) is 0 Å². The number of carboxylic acids is 1. The van der Waals surface area contributed by atoms with Crippen molar-refractivity contribution < 1.29 is 23.1 Å². The van der Waals surface area contributed by atoms with Crippen LogP contribution in [-0.4, -0.2) is 41.4 Å². The highest BCUT2D eigenvalue weighted by Crippen LogP contribution is 2.25. The minimum atomic E-state index is -4.06. The number of hydrogen-bond donors (Lipinski definition) is 4. The predicted molar refractivity (Wildman–Crippen MR) is 145 cm³/mol. The van der Waals surface area contributed by atoms with Gasteiger partial charge in [-0.05, 0) is 67.1 Å². The molecule has 10 heteroatoms. The van der Waals surface area contributed by atoms with E-state index < -0.39 is 22.0 Å². The summed E-state index contributed by atoms with van der Waals surface area (Å²) in [6.45, 7) is 5.27. The summed E-state index contributed by atoms with van der Waals surface area (Å²) in [6.07, 6.45) is 3.03. The van der Waals surface area contributed by atoms with Crippen LogP contribution in [-0.2, 0) is 21.2 Å². The zero-order valence-electron chi connectivity index (χ0n) is 21.1. The minimum Gasteiger partial charge on any atom is -0.480 e. The molecule has 1 aromatic heterocycles. The number of nitrogens with one attached hydrogen (secondary N) is 3. The molecule has 0 saturated carbocycles. The van der Waals surface area contributed by atoms with E-state index in [2.05, 4.69) is 20.0 Å². The third-order valence-electron chi connectivity index (χ3n) is 6.03. The Kier molecular flexibility index (Phi) is 7.75. The van der Waals surface area contributed by atoms with Gasteiger partial charge in [0.25, 0.3) is 5.91 Å². The number of carboxylic acid groups (broad SMARTS) is 1. The van der Waals surface area contributed by atoms with Crippen molar-refractivity contribution in [1.29, 1.82) is 0 Å². The third-order valence-corrected chi connectivity index (χ3v) is 7.81. The molecule has 196 valence electrons. The number of imidazole rings is 1. The second kappa shape index (κ2) is 11.0. The SMILES string of the molecule is Cc1cc(C)c(S(=O)(=O)N[C@@H](Cc2ccc(-c3cccc(NC(=O)c4ncc[nH]4)c3)cc2)C(=O)O)c(C)c1. The Labute approximate surface area is 221 Å². The molecule has 3 aromatic carbocycles. The van der Waals surface area contributed by atoms with Gasteiger partial charge in [0, 0.05) is 18.1 Å². The van der Waals surface area contributed by atoms with E-state index >= 15 is 0 Å². The molecule has 9 nitrogen and oxygen atoms in total. The average Bonchev–Trinajstić information content (AvgIpc) is 3.38. The lowest BCUT2D eigenvalue weighted by Crippen LogP contribution is -2.42. The first-order valence-electron chi connectivity index (χ1n) is 11.9. The second-order valence-electron chi connectivity index (χ2n) is 9.11. The molecule has 0 saturated heterocycles. The van der Waals surface area contributed by atoms with Gasteiger partial charge in [0.1, 0.15) is 6.04 Å². The Morgan fingerprint density at radius 2 is 1.66 bits per heavy atom. The van der Waals surface area contributed by atoms with Gasteiger partial charge in [0.2, 0.25) is 10.0 Å². The number of H-pyrrole nitrogens is 1. The highest BCUT2D eigenvalue weighted by molar-refractivity contribution is 7.89. The smallest absolute Gasteiger partial charge is 0.322 e. The van der Waals surface area contributed by atoms with Crippen molar-refractivity contribution in [2.24, 2.45) is 0 Å². The number of carbonyl (C=O) groups excluding carboxylic acids is 1. The first-order chi connectivity index (χ1) is 18.0. The lowest BCUT2D eigenvalue weighted by atomic mass is 10.0. The number of hydrogen-bond acceptors (Lipinski definition) is 5. The fourth-order valence-electron chi connectivity index (χ4n) is 4.44. The van der Waals surface area contributed by atoms with Crippen LogP contribution in [0.2, 0.25) is 0 Å².